The second-order valence-corrected chi connectivity index (χ2v) is 7.27. The van der Waals surface area contributed by atoms with Gasteiger partial charge in [0.05, 0.1) is 17.1 Å². The fraction of sp³-hybridized carbons (Fsp3) is 0.400. The highest BCUT2D eigenvalue weighted by Gasteiger charge is 2.20. The highest BCUT2D eigenvalue weighted by molar-refractivity contribution is 5.42. The number of hydrogen-bond acceptors (Lipinski definition) is 3. The lowest BCUT2D eigenvalue weighted by Gasteiger charge is -2.19. The zero-order valence-electron chi connectivity index (χ0n) is 15.5. The Balaban J connectivity index is 1.59. The summed E-state index contributed by atoms with van der Waals surface area (Å²) in [6.07, 6.45) is 3.40. The summed E-state index contributed by atoms with van der Waals surface area (Å²) in [4.78, 5) is 2.18. The molecule has 0 amide bonds. The maximum absolute atomic E-state index is 13.9. The SMILES string of the molecule is Cc1cc(C)n(-c2ccc(F)cc2CN(C)Cc2n[nH]c3c2CCC3)n1. The first-order valence-corrected chi connectivity index (χ1v) is 9.07. The molecule has 0 spiro atoms. The van der Waals surface area contributed by atoms with E-state index < -0.39 is 0 Å². The molecule has 1 aliphatic carbocycles. The molecular weight excluding hydrogens is 329 g/mol. The topological polar surface area (TPSA) is 49.7 Å². The molecule has 0 bridgehead atoms. The Morgan fingerprint density at radius 1 is 1.19 bits per heavy atom. The number of aryl methyl sites for hydroxylation is 3. The molecule has 0 unspecified atom stereocenters. The third-order valence-electron chi connectivity index (χ3n) is 5.03. The molecule has 136 valence electrons. The van der Waals surface area contributed by atoms with E-state index in [0.29, 0.717) is 6.54 Å². The van der Waals surface area contributed by atoms with Gasteiger partial charge in [-0.15, -0.1) is 0 Å². The van der Waals surface area contributed by atoms with Crippen LogP contribution in [-0.2, 0) is 25.9 Å². The number of hydrogen-bond donors (Lipinski definition) is 1. The zero-order chi connectivity index (χ0) is 18.3. The molecule has 1 aliphatic rings. The lowest BCUT2D eigenvalue weighted by atomic mass is 10.1. The number of nitrogens with zero attached hydrogens (tertiary/aromatic N) is 4. The number of fused-ring (bicyclic) bond motifs is 1. The Hall–Kier alpha value is -2.47. The first-order valence-electron chi connectivity index (χ1n) is 9.07. The Morgan fingerprint density at radius 3 is 2.81 bits per heavy atom. The van der Waals surface area contributed by atoms with E-state index in [2.05, 4.69) is 20.2 Å². The largest absolute Gasteiger partial charge is 0.296 e. The van der Waals surface area contributed by atoms with E-state index in [9.17, 15) is 4.39 Å². The van der Waals surface area contributed by atoms with Crippen LogP contribution >= 0.6 is 0 Å². The predicted molar refractivity (Wildman–Crippen MR) is 98.8 cm³/mol. The number of H-pyrrole nitrogens is 1. The molecule has 5 nitrogen and oxygen atoms in total. The second-order valence-electron chi connectivity index (χ2n) is 7.27. The average Bonchev–Trinajstić information content (AvgIpc) is 3.26. The van der Waals surface area contributed by atoms with Gasteiger partial charge >= 0.3 is 0 Å². The van der Waals surface area contributed by atoms with Crippen molar-refractivity contribution in [1.82, 2.24) is 24.9 Å². The van der Waals surface area contributed by atoms with Crippen molar-refractivity contribution in [2.45, 2.75) is 46.2 Å². The van der Waals surface area contributed by atoms with Crippen molar-refractivity contribution in [2.24, 2.45) is 0 Å². The third kappa shape index (κ3) is 3.17. The van der Waals surface area contributed by atoms with E-state index in [0.717, 1.165) is 47.7 Å². The highest BCUT2D eigenvalue weighted by atomic mass is 19.1. The first-order chi connectivity index (χ1) is 12.5. The van der Waals surface area contributed by atoms with Crippen molar-refractivity contribution in [2.75, 3.05) is 7.05 Å². The molecule has 1 N–H and O–H groups in total. The minimum atomic E-state index is -0.223. The lowest BCUT2D eigenvalue weighted by molar-refractivity contribution is 0.313. The van der Waals surface area contributed by atoms with Gasteiger partial charge in [0, 0.05) is 24.5 Å². The molecule has 1 aromatic carbocycles. The first kappa shape index (κ1) is 17.0. The molecule has 0 aliphatic heterocycles. The fourth-order valence-corrected chi connectivity index (χ4v) is 3.88. The number of aromatic amines is 1. The van der Waals surface area contributed by atoms with Crippen LogP contribution in [0.15, 0.2) is 24.3 Å². The Bertz CT molecular complexity index is 940. The van der Waals surface area contributed by atoms with Gasteiger partial charge in [0.2, 0.25) is 0 Å². The molecule has 6 heteroatoms. The Morgan fingerprint density at radius 2 is 2.04 bits per heavy atom. The van der Waals surface area contributed by atoms with Crippen molar-refractivity contribution in [3.8, 4) is 5.69 Å². The van der Waals surface area contributed by atoms with Gasteiger partial charge in [0.1, 0.15) is 5.82 Å². The smallest absolute Gasteiger partial charge is 0.123 e. The monoisotopic (exact) mass is 353 g/mol. The quantitative estimate of drug-likeness (QED) is 0.764. The molecule has 2 heterocycles. The minimum absolute atomic E-state index is 0.223. The van der Waals surface area contributed by atoms with Crippen LogP contribution in [0.1, 0.15) is 40.3 Å². The standard InChI is InChI=1S/C20H24FN5/c1-13-9-14(2)26(24-13)20-8-7-16(21)10-15(20)11-25(3)12-19-17-5-4-6-18(17)22-23-19/h7-10H,4-6,11-12H2,1-3H3,(H,22,23). The summed E-state index contributed by atoms with van der Waals surface area (Å²) in [7, 11) is 2.05. The van der Waals surface area contributed by atoms with E-state index in [1.54, 1.807) is 6.07 Å². The van der Waals surface area contributed by atoms with Crippen LogP contribution in [0.25, 0.3) is 5.69 Å². The van der Waals surface area contributed by atoms with Gasteiger partial charge in [0.15, 0.2) is 0 Å². The van der Waals surface area contributed by atoms with Crippen LogP contribution in [0.4, 0.5) is 4.39 Å². The molecule has 26 heavy (non-hydrogen) atoms. The second kappa shape index (κ2) is 6.68. The molecule has 0 radical (unpaired) electrons. The van der Waals surface area contributed by atoms with Gasteiger partial charge in [0.25, 0.3) is 0 Å². The van der Waals surface area contributed by atoms with Crippen molar-refractivity contribution < 1.29 is 4.39 Å². The Kier molecular flexibility index (Phi) is 4.36. The van der Waals surface area contributed by atoms with Gasteiger partial charge in [-0.25, -0.2) is 9.07 Å². The summed E-state index contributed by atoms with van der Waals surface area (Å²) in [6, 6.07) is 6.95. The van der Waals surface area contributed by atoms with Gasteiger partial charge in [-0.3, -0.25) is 10.00 Å². The summed E-state index contributed by atoms with van der Waals surface area (Å²) >= 11 is 0. The van der Waals surface area contributed by atoms with E-state index in [-0.39, 0.29) is 5.82 Å². The molecule has 0 saturated carbocycles. The molecule has 0 saturated heterocycles. The molecule has 4 rings (SSSR count). The van der Waals surface area contributed by atoms with Crippen LogP contribution in [0.5, 0.6) is 0 Å². The normalized spacial score (nSPS) is 13.6. The van der Waals surface area contributed by atoms with Crippen molar-refractivity contribution in [3.63, 3.8) is 0 Å². The van der Waals surface area contributed by atoms with E-state index in [1.807, 2.05) is 37.7 Å². The summed E-state index contributed by atoms with van der Waals surface area (Å²) in [6.45, 7) is 5.37. The van der Waals surface area contributed by atoms with Crippen LogP contribution in [0, 0.1) is 19.7 Å². The van der Waals surface area contributed by atoms with Gasteiger partial charge in [-0.05, 0) is 75.5 Å². The predicted octanol–water partition coefficient (Wildman–Crippen LogP) is 3.47. The number of halogens is 1. The van der Waals surface area contributed by atoms with E-state index in [1.165, 1.54) is 23.7 Å². The van der Waals surface area contributed by atoms with Gasteiger partial charge < -0.3 is 0 Å². The number of nitrogens with one attached hydrogen (secondary N) is 1. The summed E-state index contributed by atoms with van der Waals surface area (Å²) in [5.74, 6) is -0.223. The summed E-state index contributed by atoms with van der Waals surface area (Å²) < 4.78 is 15.8. The van der Waals surface area contributed by atoms with Crippen molar-refractivity contribution in [3.05, 3.63) is 64.0 Å². The van der Waals surface area contributed by atoms with Crippen LogP contribution in [0.3, 0.4) is 0 Å². The number of rotatable bonds is 5. The Labute approximate surface area is 152 Å². The zero-order valence-corrected chi connectivity index (χ0v) is 15.5. The van der Waals surface area contributed by atoms with Crippen LogP contribution in [-0.4, -0.2) is 31.9 Å². The molecule has 3 aromatic rings. The van der Waals surface area contributed by atoms with E-state index >= 15 is 0 Å². The minimum Gasteiger partial charge on any atom is -0.296 e. The maximum atomic E-state index is 13.9. The average molecular weight is 353 g/mol. The lowest BCUT2D eigenvalue weighted by Crippen LogP contribution is -2.20. The fourth-order valence-electron chi connectivity index (χ4n) is 3.88. The van der Waals surface area contributed by atoms with Crippen molar-refractivity contribution >= 4 is 0 Å². The van der Waals surface area contributed by atoms with E-state index in [4.69, 9.17) is 0 Å². The molecular formula is C20H24FN5. The van der Waals surface area contributed by atoms with Crippen LogP contribution < -0.4 is 0 Å². The molecule has 2 aromatic heterocycles. The van der Waals surface area contributed by atoms with Gasteiger partial charge in [-0.1, -0.05) is 0 Å². The number of benzene rings is 1. The van der Waals surface area contributed by atoms with Gasteiger partial charge in [-0.2, -0.15) is 10.2 Å². The summed E-state index contributed by atoms with van der Waals surface area (Å²) in [5.41, 5.74) is 7.62. The van der Waals surface area contributed by atoms with Crippen LogP contribution in [0.2, 0.25) is 0 Å². The molecule has 0 fully saturated rings. The third-order valence-corrected chi connectivity index (χ3v) is 5.03. The highest BCUT2D eigenvalue weighted by Crippen LogP contribution is 2.25. The maximum Gasteiger partial charge on any atom is 0.123 e. The molecule has 0 atom stereocenters. The number of aromatic nitrogens is 4. The van der Waals surface area contributed by atoms with Crippen molar-refractivity contribution in [1.29, 1.82) is 0 Å². The summed E-state index contributed by atoms with van der Waals surface area (Å²) in [5, 5.41) is 12.2.